The molecule has 0 aromatic heterocycles. The molecule has 0 unspecified atom stereocenters. The molecule has 0 N–H and O–H groups in total. The lowest BCUT2D eigenvalue weighted by Gasteiger charge is -2.08. The van der Waals surface area contributed by atoms with Crippen LogP contribution in [0.3, 0.4) is 0 Å². The summed E-state index contributed by atoms with van der Waals surface area (Å²) in [6, 6.07) is 23.0. The number of esters is 2. The van der Waals surface area contributed by atoms with Gasteiger partial charge >= 0.3 is 11.9 Å². The van der Waals surface area contributed by atoms with Gasteiger partial charge in [0.05, 0.1) is 24.3 Å². The summed E-state index contributed by atoms with van der Waals surface area (Å²) in [7, 11) is 0. The third-order valence-electron chi connectivity index (χ3n) is 4.31. The van der Waals surface area contributed by atoms with Gasteiger partial charge in [-0.1, -0.05) is 43.3 Å². The summed E-state index contributed by atoms with van der Waals surface area (Å²) < 4.78 is 16.2. The van der Waals surface area contributed by atoms with E-state index in [2.05, 4.69) is 0 Å². The van der Waals surface area contributed by atoms with Crippen molar-refractivity contribution in [3.63, 3.8) is 0 Å². The minimum atomic E-state index is -0.491. The van der Waals surface area contributed by atoms with E-state index in [1.54, 1.807) is 48.5 Å². The summed E-state index contributed by atoms with van der Waals surface area (Å²) in [5.74, 6) is 0.0697. The van der Waals surface area contributed by atoms with Gasteiger partial charge in [0.25, 0.3) is 0 Å². The molecular formula is C25H24O5. The van der Waals surface area contributed by atoms with E-state index < -0.39 is 11.9 Å². The zero-order valence-corrected chi connectivity index (χ0v) is 16.9. The van der Waals surface area contributed by atoms with Crippen molar-refractivity contribution >= 4 is 11.9 Å². The summed E-state index contributed by atoms with van der Waals surface area (Å²) >= 11 is 0. The van der Waals surface area contributed by atoms with Crippen LogP contribution in [0.25, 0.3) is 0 Å². The van der Waals surface area contributed by atoms with Crippen LogP contribution in [-0.4, -0.2) is 25.2 Å². The number of hydrogen-bond donors (Lipinski definition) is 0. The van der Waals surface area contributed by atoms with Crippen LogP contribution in [0, 0.1) is 0 Å². The summed E-state index contributed by atoms with van der Waals surface area (Å²) in [6.07, 6.45) is 1.54. The monoisotopic (exact) mass is 404 g/mol. The van der Waals surface area contributed by atoms with Crippen LogP contribution in [-0.2, 0) is 11.2 Å². The van der Waals surface area contributed by atoms with Gasteiger partial charge in [-0.3, -0.25) is 0 Å². The first-order valence-electron chi connectivity index (χ1n) is 9.92. The molecule has 3 aromatic rings. The highest BCUT2D eigenvalue weighted by atomic mass is 16.5. The standard InChI is InChI=1S/C25H24O5/c1-2-16-28-23-10-6-9-21(18-23)25(27)30-22-13-11-20(12-14-22)24(26)29-17-15-19-7-4-3-5-8-19/h3-14,18H,2,15-17H2,1H3. The number of benzene rings is 3. The average Bonchev–Trinajstić information content (AvgIpc) is 2.79. The Morgan fingerprint density at radius 2 is 1.50 bits per heavy atom. The lowest BCUT2D eigenvalue weighted by molar-refractivity contribution is 0.0509. The van der Waals surface area contributed by atoms with Gasteiger partial charge in [-0.15, -0.1) is 0 Å². The van der Waals surface area contributed by atoms with Gasteiger partial charge in [-0.25, -0.2) is 9.59 Å². The molecule has 0 fully saturated rings. The quantitative estimate of drug-likeness (QED) is 0.367. The van der Waals surface area contributed by atoms with Crippen molar-refractivity contribution in [2.75, 3.05) is 13.2 Å². The molecule has 0 atom stereocenters. The fraction of sp³-hybridized carbons (Fsp3) is 0.200. The molecule has 3 rings (SSSR count). The van der Waals surface area contributed by atoms with Crippen molar-refractivity contribution in [2.24, 2.45) is 0 Å². The highest BCUT2D eigenvalue weighted by Crippen LogP contribution is 2.18. The van der Waals surface area contributed by atoms with Crippen molar-refractivity contribution in [1.82, 2.24) is 0 Å². The Morgan fingerprint density at radius 1 is 0.733 bits per heavy atom. The highest BCUT2D eigenvalue weighted by Gasteiger charge is 2.12. The van der Waals surface area contributed by atoms with Crippen LogP contribution in [0.1, 0.15) is 39.6 Å². The van der Waals surface area contributed by atoms with Crippen molar-refractivity contribution in [1.29, 1.82) is 0 Å². The lowest BCUT2D eigenvalue weighted by atomic mass is 10.2. The third-order valence-corrected chi connectivity index (χ3v) is 4.31. The van der Waals surface area contributed by atoms with E-state index in [4.69, 9.17) is 14.2 Å². The summed E-state index contributed by atoms with van der Waals surface area (Å²) in [5.41, 5.74) is 1.91. The molecule has 5 heteroatoms. The normalized spacial score (nSPS) is 10.3. The maximum absolute atomic E-state index is 12.4. The van der Waals surface area contributed by atoms with Crippen molar-refractivity contribution < 1.29 is 23.8 Å². The predicted octanol–water partition coefficient (Wildman–Crippen LogP) is 5.09. The molecule has 0 bridgehead atoms. The van der Waals surface area contributed by atoms with Gasteiger partial charge in [0.15, 0.2) is 0 Å². The Hall–Kier alpha value is -3.60. The summed E-state index contributed by atoms with van der Waals surface area (Å²) in [4.78, 5) is 24.5. The van der Waals surface area contributed by atoms with Gasteiger partial charge in [0.2, 0.25) is 0 Å². The second kappa shape index (κ2) is 10.8. The largest absolute Gasteiger partial charge is 0.494 e. The Balaban J connectivity index is 1.52. The van der Waals surface area contributed by atoms with Crippen LogP contribution >= 0.6 is 0 Å². The van der Waals surface area contributed by atoms with E-state index in [0.29, 0.717) is 42.3 Å². The second-order valence-electron chi connectivity index (χ2n) is 6.66. The van der Waals surface area contributed by atoms with E-state index in [0.717, 1.165) is 12.0 Å². The Kier molecular flexibility index (Phi) is 7.61. The SMILES string of the molecule is CCCOc1cccc(C(=O)Oc2ccc(C(=O)OCCc3ccccc3)cc2)c1. The van der Waals surface area contributed by atoms with Crippen LogP contribution in [0.5, 0.6) is 11.5 Å². The van der Waals surface area contributed by atoms with E-state index in [9.17, 15) is 9.59 Å². The first-order valence-corrected chi connectivity index (χ1v) is 9.92. The van der Waals surface area contributed by atoms with E-state index >= 15 is 0 Å². The van der Waals surface area contributed by atoms with E-state index in [1.807, 2.05) is 37.3 Å². The van der Waals surface area contributed by atoms with Crippen LogP contribution < -0.4 is 9.47 Å². The molecule has 3 aromatic carbocycles. The first kappa shape index (κ1) is 21.1. The molecule has 0 aliphatic carbocycles. The van der Waals surface area contributed by atoms with E-state index in [-0.39, 0.29) is 0 Å². The molecule has 0 aliphatic rings. The molecule has 0 aliphatic heterocycles. The van der Waals surface area contributed by atoms with Crippen LogP contribution in [0.4, 0.5) is 0 Å². The second-order valence-corrected chi connectivity index (χ2v) is 6.66. The van der Waals surface area contributed by atoms with Gasteiger partial charge in [0.1, 0.15) is 11.5 Å². The summed E-state index contributed by atoms with van der Waals surface area (Å²) in [6.45, 7) is 2.90. The van der Waals surface area contributed by atoms with Gasteiger partial charge < -0.3 is 14.2 Å². The summed E-state index contributed by atoms with van der Waals surface area (Å²) in [5, 5.41) is 0. The zero-order chi connectivity index (χ0) is 21.2. The maximum Gasteiger partial charge on any atom is 0.343 e. The molecule has 154 valence electrons. The highest BCUT2D eigenvalue weighted by molar-refractivity contribution is 5.92. The zero-order valence-electron chi connectivity index (χ0n) is 16.9. The predicted molar refractivity (Wildman–Crippen MR) is 114 cm³/mol. The molecule has 0 spiro atoms. The molecule has 0 saturated heterocycles. The van der Waals surface area contributed by atoms with Crippen molar-refractivity contribution in [2.45, 2.75) is 19.8 Å². The molecule has 0 saturated carbocycles. The fourth-order valence-electron chi connectivity index (χ4n) is 2.75. The average molecular weight is 404 g/mol. The number of ether oxygens (including phenoxy) is 3. The molecule has 5 nitrogen and oxygen atoms in total. The Morgan fingerprint density at radius 3 is 2.23 bits per heavy atom. The van der Waals surface area contributed by atoms with Gasteiger partial charge in [0, 0.05) is 6.42 Å². The Bertz CT molecular complexity index is 964. The van der Waals surface area contributed by atoms with Gasteiger partial charge in [-0.05, 0) is 54.4 Å². The lowest BCUT2D eigenvalue weighted by Crippen LogP contribution is -2.10. The van der Waals surface area contributed by atoms with Crippen LogP contribution in [0.15, 0.2) is 78.9 Å². The minimum Gasteiger partial charge on any atom is -0.494 e. The maximum atomic E-state index is 12.4. The smallest absolute Gasteiger partial charge is 0.343 e. The first-order chi connectivity index (χ1) is 14.7. The van der Waals surface area contributed by atoms with Crippen molar-refractivity contribution in [3.8, 4) is 11.5 Å². The topological polar surface area (TPSA) is 61.8 Å². The molecular weight excluding hydrogens is 380 g/mol. The molecule has 30 heavy (non-hydrogen) atoms. The third kappa shape index (κ3) is 6.21. The number of rotatable bonds is 9. The molecule has 0 amide bonds. The van der Waals surface area contributed by atoms with Crippen LogP contribution in [0.2, 0.25) is 0 Å². The molecule has 0 heterocycles. The number of hydrogen-bond acceptors (Lipinski definition) is 5. The van der Waals surface area contributed by atoms with Gasteiger partial charge in [-0.2, -0.15) is 0 Å². The number of carbonyl (C=O) groups excluding carboxylic acids is 2. The molecule has 0 radical (unpaired) electrons. The van der Waals surface area contributed by atoms with E-state index in [1.165, 1.54) is 0 Å². The minimum absolute atomic E-state index is 0.302. The fourth-order valence-corrected chi connectivity index (χ4v) is 2.75. The van der Waals surface area contributed by atoms with Crippen molar-refractivity contribution in [3.05, 3.63) is 95.6 Å². The Labute approximate surface area is 176 Å². The number of carbonyl (C=O) groups is 2.